The molecule has 0 fully saturated rings. The molecule has 0 aromatic heterocycles. The van der Waals surface area contributed by atoms with Gasteiger partial charge in [-0.3, -0.25) is 4.79 Å². The Bertz CT molecular complexity index is 409. The summed E-state index contributed by atoms with van der Waals surface area (Å²) in [4.78, 5) is 11.6. The van der Waals surface area contributed by atoms with Crippen molar-refractivity contribution in [3.8, 4) is 11.8 Å². The van der Waals surface area contributed by atoms with Crippen LogP contribution in [0.5, 0.6) is 5.75 Å². The zero-order valence-electron chi connectivity index (χ0n) is 9.86. The van der Waals surface area contributed by atoms with Crippen molar-refractivity contribution < 1.29 is 9.53 Å². The Balaban J connectivity index is 2.57. The highest BCUT2D eigenvalue weighted by Crippen LogP contribution is 2.15. The van der Waals surface area contributed by atoms with E-state index in [1.54, 1.807) is 38.2 Å². The molecule has 1 atom stereocenters. The lowest BCUT2D eigenvalue weighted by molar-refractivity contribution is -0.117. The molecule has 0 spiro atoms. The molecule has 0 radical (unpaired) electrons. The third kappa shape index (κ3) is 4.13. The van der Waals surface area contributed by atoms with Crippen molar-refractivity contribution in [1.29, 1.82) is 5.26 Å². The van der Waals surface area contributed by atoms with Crippen LogP contribution in [0.1, 0.15) is 6.92 Å². The zero-order valence-corrected chi connectivity index (χ0v) is 9.86. The number of rotatable bonds is 5. The number of likely N-dealkylation sites (N-methyl/N-ethyl adjacent to an activating group) is 1. The van der Waals surface area contributed by atoms with Gasteiger partial charge in [0.05, 0.1) is 6.04 Å². The predicted molar refractivity (Wildman–Crippen MR) is 64.7 cm³/mol. The largest absolute Gasteiger partial charge is 0.479 e. The van der Waals surface area contributed by atoms with E-state index in [0.29, 0.717) is 11.4 Å². The third-order valence-corrected chi connectivity index (χ3v) is 2.25. The Morgan fingerprint density at radius 3 is 2.65 bits per heavy atom. The van der Waals surface area contributed by atoms with Crippen LogP contribution in [-0.4, -0.2) is 25.6 Å². The first-order chi connectivity index (χ1) is 8.17. The molecule has 2 N–H and O–H groups in total. The number of hydrogen-bond acceptors (Lipinski definition) is 4. The molecule has 0 aliphatic carbocycles. The number of carbonyl (C=O) groups excluding carboxylic acids is 1. The average molecular weight is 233 g/mol. The molecule has 5 heteroatoms. The maximum atomic E-state index is 11.6. The molecule has 17 heavy (non-hydrogen) atoms. The molecule has 1 aromatic rings. The topological polar surface area (TPSA) is 74.2 Å². The van der Waals surface area contributed by atoms with Gasteiger partial charge in [-0.05, 0) is 38.2 Å². The molecular formula is C12H15N3O2. The minimum Gasteiger partial charge on any atom is -0.479 e. The molecule has 1 unspecified atom stereocenters. The number of nitrogens with one attached hydrogen (secondary N) is 2. The summed E-state index contributed by atoms with van der Waals surface area (Å²) >= 11 is 0. The van der Waals surface area contributed by atoms with E-state index < -0.39 is 0 Å². The summed E-state index contributed by atoms with van der Waals surface area (Å²) in [6.45, 7) is 1.79. The first kappa shape index (κ1) is 13.0. The number of nitriles is 1. The quantitative estimate of drug-likeness (QED) is 0.799. The Labute approximate surface area is 100 Å². The summed E-state index contributed by atoms with van der Waals surface area (Å²) < 4.78 is 5.10. The number of ether oxygens (including phenoxy) is 1. The Morgan fingerprint density at radius 1 is 1.47 bits per heavy atom. The number of amides is 1. The molecule has 90 valence electrons. The lowest BCUT2D eigenvalue weighted by Gasteiger charge is -2.11. The lowest BCUT2D eigenvalue weighted by atomic mass is 10.2. The van der Waals surface area contributed by atoms with E-state index in [-0.39, 0.29) is 18.6 Å². The van der Waals surface area contributed by atoms with Crippen LogP contribution in [0.25, 0.3) is 0 Å². The minimum atomic E-state index is -0.246. The summed E-state index contributed by atoms with van der Waals surface area (Å²) in [5, 5.41) is 14.0. The van der Waals surface area contributed by atoms with Crippen LogP contribution in [-0.2, 0) is 4.79 Å². The lowest BCUT2D eigenvalue weighted by Crippen LogP contribution is -2.35. The zero-order chi connectivity index (χ0) is 12.7. The Kier molecular flexibility index (Phi) is 4.98. The van der Waals surface area contributed by atoms with Crippen molar-refractivity contribution in [3.05, 3.63) is 24.3 Å². The normalized spacial score (nSPS) is 11.4. The van der Waals surface area contributed by atoms with Gasteiger partial charge in [0, 0.05) is 5.69 Å². The Hall–Kier alpha value is -2.06. The fraction of sp³-hybridized carbons (Fsp3) is 0.333. The molecule has 1 amide bonds. The SMILES string of the molecule is CNC(C)C(=O)Nc1ccc(OCC#N)cc1. The van der Waals surface area contributed by atoms with Crippen LogP contribution in [0, 0.1) is 11.3 Å². The van der Waals surface area contributed by atoms with Gasteiger partial charge in [-0.15, -0.1) is 0 Å². The molecule has 1 aromatic carbocycles. The summed E-state index contributed by atoms with van der Waals surface area (Å²) in [5.41, 5.74) is 0.696. The van der Waals surface area contributed by atoms with Crippen LogP contribution in [0.15, 0.2) is 24.3 Å². The van der Waals surface area contributed by atoms with E-state index in [1.807, 2.05) is 6.07 Å². The predicted octanol–water partition coefficient (Wildman–Crippen LogP) is 1.14. The summed E-state index contributed by atoms with van der Waals surface area (Å²) in [6.07, 6.45) is 0. The van der Waals surface area contributed by atoms with Gasteiger partial charge in [0.25, 0.3) is 0 Å². The minimum absolute atomic E-state index is 0.0164. The highest BCUT2D eigenvalue weighted by molar-refractivity contribution is 5.94. The number of benzene rings is 1. The van der Waals surface area contributed by atoms with Crippen molar-refractivity contribution in [1.82, 2.24) is 5.32 Å². The number of carbonyl (C=O) groups is 1. The number of hydrogen-bond donors (Lipinski definition) is 2. The van der Waals surface area contributed by atoms with E-state index >= 15 is 0 Å². The van der Waals surface area contributed by atoms with Crippen LogP contribution >= 0.6 is 0 Å². The highest BCUT2D eigenvalue weighted by atomic mass is 16.5. The maximum Gasteiger partial charge on any atom is 0.241 e. The van der Waals surface area contributed by atoms with Crippen LogP contribution < -0.4 is 15.4 Å². The number of anilines is 1. The van der Waals surface area contributed by atoms with Crippen molar-refractivity contribution in [3.63, 3.8) is 0 Å². The van der Waals surface area contributed by atoms with Crippen LogP contribution in [0.4, 0.5) is 5.69 Å². The monoisotopic (exact) mass is 233 g/mol. The molecule has 0 aliphatic heterocycles. The number of nitrogens with zero attached hydrogens (tertiary/aromatic N) is 1. The fourth-order valence-electron chi connectivity index (χ4n) is 1.13. The van der Waals surface area contributed by atoms with Gasteiger partial charge in [-0.25, -0.2) is 0 Å². The van der Waals surface area contributed by atoms with E-state index in [2.05, 4.69) is 10.6 Å². The average Bonchev–Trinajstić information content (AvgIpc) is 2.37. The van der Waals surface area contributed by atoms with Gasteiger partial charge in [-0.1, -0.05) is 0 Å². The standard InChI is InChI=1S/C12H15N3O2/c1-9(14-2)12(16)15-10-3-5-11(6-4-10)17-8-7-13/h3-6,9,14H,8H2,1-2H3,(H,15,16). The first-order valence-electron chi connectivity index (χ1n) is 5.25. The molecule has 0 bridgehead atoms. The Morgan fingerprint density at radius 2 is 2.12 bits per heavy atom. The van der Waals surface area contributed by atoms with Gasteiger partial charge in [-0.2, -0.15) is 5.26 Å². The van der Waals surface area contributed by atoms with Crippen LogP contribution in [0.2, 0.25) is 0 Å². The van der Waals surface area contributed by atoms with E-state index in [1.165, 1.54) is 0 Å². The van der Waals surface area contributed by atoms with Crippen molar-refractivity contribution in [2.75, 3.05) is 19.0 Å². The molecule has 0 saturated carbocycles. The first-order valence-corrected chi connectivity index (χ1v) is 5.25. The van der Waals surface area contributed by atoms with Gasteiger partial charge in [0.1, 0.15) is 11.8 Å². The van der Waals surface area contributed by atoms with E-state index in [0.717, 1.165) is 0 Å². The van der Waals surface area contributed by atoms with Crippen LogP contribution in [0.3, 0.4) is 0 Å². The highest BCUT2D eigenvalue weighted by Gasteiger charge is 2.09. The molecule has 1 rings (SSSR count). The molecule has 0 aliphatic rings. The summed E-state index contributed by atoms with van der Waals surface area (Å²) in [6, 6.07) is 8.51. The van der Waals surface area contributed by atoms with Gasteiger partial charge in [0.2, 0.25) is 5.91 Å². The van der Waals surface area contributed by atoms with Crippen molar-refractivity contribution in [2.24, 2.45) is 0 Å². The van der Waals surface area contributed by atoms with Crippen molar-refractivity contribution in [2.45, 2.75) is 13.0 Å². The summed E-state index contributed by atoms with van der Waals surface area (Å²) in [5.74, 6) is 0.504. The van der Waals surface area contributed by atoms with Gasteiger partial charge >= 0.3 is 0 Å². The maximum absolute atomic E-state index is 11.6. The van der Waals surface area contributed by atoms with Crippen molar-refractivity contribution >= 4 is 11.6 Å². The van der Waals surface area contributed by atoms with E-state index in [4.69, 9.17) is 10.00 Å². The van der Waals surface area contributed by atoms with Gasteiger partial charge in [0.15, 0.2) is 6.61 Å². The summed E-state index contributed by atoms with van der Waals surface area (Å²) in [7, 11) is 1.73. The second-order valence-electron chi connectivity index (χ2n) is 3.47. The molecule has 0 saturated heterocycles. The fourth-order valence-corrected chi connectivity index (χ4v) is 1.13. The molecular weight excluding hydrogens is 218 g/mol. The molecule has 5 nitrogen and oxygen atoms in total. The third-order valence-electron chi connectivity index (χ3n) is 2.25. The van der Waals surface area contributed by atoms with Gasteiger partial charge < -0.3 is 15.4 Å². The smallest absolute Gasteiger partial charge is 0.241 e. The molecule has 0 heterocycles. The second kappa shape index (κ2) is 6.51. The second-order valence-corrected chi connectivity index (χ2v) is 3.47. The van der Waals surface area contributed by atoms with E-state index in [9.17, 15) is 4.79 Å².